The number of nitrogens with zero attached hydrogens (tertiary/aromatic N) is 2. The Morgan fingerprint density at radius 3 is 2.80 bits per heavy atom. The molecular weight excluding hydrogens is 252 g/mol. The van der Waals surface area contributed by atoms with Gasteiger partial charge in [-0.1, -0.05) is 35.5 Å². The van der Waals surface area contributed by atoms with Crippen molar-refractivity contribution < 1.29 is 4.52 Å². The van der Waals surface area contributed by atoms with E-state index in [9.17, 15) is 0 Å². The van der Waals surface area contributed by atoms with Gasteiger partial charge in [0.2, 0.25) is 0 Å². The lowest BCUT2D eigenvalue weighted by molar-refractivity contribution is 0.369. The van der Waals surface area contributed by atoms with Crippen molar-refractivity contribution >= 4 is 0 Å². The van der Waals surface area contributed by atoms with Crippen molar-refractivity contribution in [2.45, 2.75) is 20.0 Å². The maximum atomic E-state index is 5.16. The van der Waals surface area contributed by atoms with Gasteiger partial charge in [0, 0.05) is 18.2 Å². The van der Waals surface area contributed by atoms with Crippen LogP contribution in [-0.2, 0) is 13.1 Å². The molecule has 0 aliphatic carbocycles. The zero-order chi connectivity index (χ0) is 13.8. The van der Waals surface area contributed by atoms with Crippen molar-refractivity contribution in [3.8, 4) is 11.3 Å². The van der Waals surface area contributed by atoms with E-state index < -0.39 is 0 Å². The Balaban J connectivity index is 1.65. The van der Waals surface area contributed by atoms with E-state index in [1.54, 1.807) is 0 Å². The van der Waals surface area contributed by atoms with E-state index >= 15 is 0 Å². The van der Waals surface area contributed by atoms with Crippen LogP contribution in [0.4, 0.5) is 0 Å². The highest BCUT2D eigenvalue weighted by Gasteiger charge is 2.07. The van der Waals surface area contributed by atoms with Crippen molar-refractivity contribution in [3.63, 3.8) is 0 Å². The van der Waals surface area contributed by atoms with Crippen LogP contribution >= 0.6 is 0 Å². The first kappa shape index (κ1) is 12.6. The van der Waals surface area contributed by atoms with Gasteiger partial charge in [-0.25, -0.2) is 0 Å². The molecule has 0 aliphatic heterocycles. The highest BCUT2D eigenvalue weighted by molar-refractivity contribution is 5.62. The molecular formula is C15H16N4O. The van der Waals surface area contributed by atoms with Crippen LogP contribution < -0.4 is 5.32 Å². The summed E-state index contributed by atoms with van der Waals surface area (Å²) >= 11 is 0. The summed E-state index contributed by atoms with van der Waals surface area (Å²) in [6, 6.07) is 12.1. The molecule has 0 amide bonds. The second-order valence-corrected chi connectivity index (χ2v) is 4.67. The minimum absolute atomic E-state index is 0.653. The maximum Gasteiger partial charge on any atom is 0.150 e. The van der Waals surface area contributed by atoms with Crippen molar-refractivity contribution in [3.05, 3.63) is 59.6 Å². The SMILES string of the molecule is Cc1cc(CNCc2cn[nH]c2-c2ccccc2)on1. The van der Waals surface area contributed by atoms with Crippen LogP contribution in [0.1, 0.15) is 17.0 Å². The van der Waals surface area contributed by atoms with Crippen LogP contribution in [0.15, 0.2) is 47.1 Å². The van der Waals surface area contributed by atoms with Crippen molar-refractivity contribution in [2.24, 2.45) is 0 Å². The van der Waals surface area contributed by atoms with E-state index in [2.05, 4.69) is 32.8 Å². The molecule has 0 saturated heterocycles. The summed E-state index contributed by atoms with van der Waals surface area (Å²) in [4.78, 5) is 0. The Hall–Kier alpha value is -2.40. The highest BCUT2D eigenvalue weighted by atomic mass is 16.5. The molecule has 0 atom stereocenters. The molecule has 3 rings (SSSR count). The standard InChI is InChI=1S/C15H16N4O/c1-11-7-14(20-19-11)10-16-8-13-9-17-18-15(13)12-5-3-2-4-6-12/h2-7,9,16H,8,10H2,1H3,(H,17,18). The number of H-pyrrole nitrogens is 1. The lowest BCUT2D eigenvalue weighted by Gasteiger charge is -2.04. The molecule has 20 heavy (non-hydrogen) atoms. The van der Waals surface area contributed by atoms with E-state index in [1.807, 2.05) is 37.4 Å². The Labute approximate surface area is 117 Å². The molecule has 5 heteroatoms. The first-order valence-electron chi connectivity index (χ1n) is 6.53. The quantitative estimate of drug-likeness (QED) is 0.746. The molecule has 0 bridgehead atoms. The monoisotopic (exact) mass is 268 g/mol. The van der Waals surface area contributed by atoms with Crippen LogP contribution in [0.2, 0.25) is 0 Å². The van der Waals surface area contributed by atoms with Crippen LogP contribution in [-0.4, -0.2) is 15.4 Å². The molecule has 2 N–H and O–H groups in total. The van der Waals surface area contributed by atoms with Gasteiger partial charge in [-0.2, -0.15) is 5.10 Å². The number of aryl methyl sites for hydroxylation is 1. The fourth-order valence-corrected chi connectivity index (χ4v) is 2.12. The lowest BCUT2D eigenvalue weighted by Crippen LogP contribution is -2.12. The third-order valence-corrected chi connectivity index (χ3v) is 3.07. The normalized spacial score (nSPS) is 10.8. The van der Waals surface area contributed by atoms with Crippen molar-refractivity contribution in [1.29, 1.82) is 0 Å². The number of aromatic nitrogens is 3. The zero-order valence-corrected chi connectivity index (χ0v) is 11.3. The van der Waals surface area contributed by atoms with E-state index in [0.29, 0.717) is 6.54 Å². The summed E-state index contributed by atoms with van der Waals surface area (Å²) < 4.78 is 5.16. The lowest BCUT2D eigenvalue weighted by atomic mass is 10.1. The molecule has 0 saturated carbocycles. The molecule has 0 aliphatic rings. The van der Waals surface area contributed by atoms with Crippen LogP contribution in [0, 0.1) is 6.92 Å². The Kier molecular flexibility index (Phi) is 3.60. The van der Waals surface area contributed by atoms with E-state index in [-0.39, 0.29) is 0 Å². The van der Waals surface area contributed by atoms with Gasteiger partial charge in [-0.15, -0.1) is 0 Å². The maximum absolute atomic E-state index is 5.16. The minimum Gasteiger partial charge on any atom is -0.360 e. The van der Waals surface area contributed by atoms with Gasteiger partial charge in [-0.3, -0.25) is 5.10 Å². The molecule has 0 spiro atoms. The van der Waals surface area contributed by atoms with Crippen LogP contribution in [0.25, 0.3) is 11.3 Å². The number of hydrogen-bond donors (Lipinski definition) is 2. The van der Waals surface area contributed by atoms with Gasteiger partial charge >= 0.3 is 0 Å². The number of aromatic amines is 1. The number of benzene rings is 1. The molecule has 0 unspecified atom stereocenters. The summed E-state index contributed by atoms with van der Waals surface area (Å²) in [5.74, 6) is 0.840. The molecule has 102 valence electrons. The average Bonchev–Trinajstić information content (AvgIpc) is 3.09. The Bertz CT molecular complexity index is 672. The van der Waals surface area contributed by atoms with E-state index in [4.69, 9.17) is 4.52 Å². The smallest absolute Gasteiger partial charge is 0.150 e. The Morgan fingerprint density at radius 1 is 1.20 bits per heavy atom. The third-order valence-electron chi connectivity index (χ3n) is 3.07. The second kappa shape index (κ2) is 5.71. The minimum atomic E-state index is 0.653. The number of hydrogen-bond acceptors (Lipinski definition) is 4. The van der Waals surface area contributed by atoms with Gasteiger partial charge in [0.05, 0.1) is 24.1 Å². The predicted molar refractivity (Wildman–Crippen MR) is 75.8 cm³/mol. The molecule has 1 aromatic carbocycles. The number of nitrogens with one attached hydrogen (secondary N) is 2. The van der Waals surface area contributed by atoms with Crippen molar-refractivity contribution in [1.82, 2.24) is 20.7 Å². The summed E-state index contributed by atoms with van der Waals surface area (Å²) in [6.45, 7) is 3.29. The van der Waals surface area contributed by atoms with Gasteiger partial charge in [0.15, 0.2) is 5.76 Å². The van der Waals surface area contributed by atoms with Gasteiger partial charge in [0.25, 0.3) is 0 Å². The molecule has 3 aromatic rings. The van der Waals surface area contributed by atoms with Crippen LogP contribution in [0.5, 0.6) is 0 Å². The largest absolute Gasteiger partial charge is 0.360 e. The average molecular weight is 268 g/mol. The Morgan fingerprint density at radius 2 is 2.05 bits per heavy atom. The molecule has 2 aromatic heterocycles. The van der Waals surface area contributed by atoms with Crippen LogP contribution in [0.3, 0.4) is 0 Å². The van der Waals surface area contributed by atoms with Gasteiger partial charge in [-0.05, 0) is 12.5 Å². The summed E-state index contributed by atoms with van der Waals surface area (Å²) in [5, 5.41) is 14.4. The fraction of sp³-hybridized carbons (Fsp3) is 0.200. The van der Waals surface area contributed by atoms with E-state index in [0.717, 1.165) is 34.8 Å². The first-order chi connectivity index (χ1) is 9.83. The zero-order valence-electron chi connectivity index (χ0n) is 11.3. The summed E-state index contributed by atoms with van der Waals surface area (Å²) in [6.07, 6.45) is 1.85. The summed E-state index contributed by atoms with van der Waals surface area (Å²) in [5.41, 5.74) is 4.21. The second-order valence-electron chi connectivity index (χ2n) is 4.67. The summed E-state index contributed by atoms with van der Waals surface area (Å²) in [7, 11) is 0. The van der Waals surface area contributed by atoms with Gasteiger partial charge in [0.1, 0.15) is 0 Å². The molecule has 2 heterocycles. The molecule has 0 radical (unpaired) electrons. The van der Waals surface area contributed by atoms with E-state index in [1.165, 1.54) is 0 Å². The molecule has 0 fully saturated rings. The fourth-order valence-electron chi connectivity index (χ4n) is 2.12. The predicted octanol–water partition coefficient (Wildman–Crippen LogP) is 2.66. The van der Waals surface area contributed by atoms with Crippen molar-refractivity contribution in [2.75, 3.05) is 0 Å². The molecule has 5 nitrogen and oxygen atoms in total. The highest BCUT2D eigenvalue weighted by Crippen LogP contribution is 2.20. The number of rotatable bonds is 5. The van der Waals surface area contributed by atoms with Gasteiger partial charge < -0.3 is 9.84 Å². The third kappa shape index (κ3) is 2.78. The first-order valence-corrected chi connectivity index (χ1v) is 6.53. The topological polar surface area (TPSA) is 66.7 Å².